The van der Waals surface area contributed by atoms with Crippen LogP contribution in [0.25, 0.3) is 0 Å². The van der Waals surface area contributed by atoms with Crippen LogP contribution in [-0.4, -0.2) is 60.0 Å². The Morgan fingerprint density at radius 1 is 0.966 bits per heavy atom. The average Bonchev–Trinajstić information content (AvgIpc) is 2.75. The van der Waals surface area contributed by atoms with Crippen LogP contribution in [0.4, 0.5) is 11.8 Å². The van der Waals surface area contributed by atoms with Gasteiger partial charge < -0.3 is 14.7 Å². The van der Waals surface area contributed by atoms with Crippen molar-refractivity contribution in [1.29, 1.82) is 0 Å². The third-order valence-corrected chi connectivity index (χ3v) is 6.14. The van der Waals surface area contributed by atoms with Crippen molar-refractivity contribution < 1.29 is 4.79 Å². The normalized spacial score (nSPS) is 18.2. The fourth-order valence-electron chi connectivity index (χ4n) is 4.37. The van der Waals surface area contributed by atoms with Gasteiger partial charge in [-0.15, -0.1) is 0 Å². The zero-order valence-corrected chi connectivity index (χ0v) is 17.5. The fourth-order valence-corrected chi connectivity index (χ4v) is 4.37. The number of amides is 1. The summed E-state index contributed by atoms with van der Waals surface area (Å²) in [6.45, 7) is 8.89. The molecule has 0 unspecified atom stereocenters. The largest absolute Gasteiger partial charge is 0.353 e. The first kappa shape index (κ1) is 19.7. The second-order valence-corrected chi connectivity index (χ2v) is 8.28. The van der Waals surface area contributed by atoms with Crippen LogP contribution in [0, 0.1) is 12.8 Å². The molecule has 1 amide bonds. The summed E-state index contributed by atoms with van der Waals surface area (Å²) in [5.74, 6) is 2.73. The number of carbonyl (C=O) groups excluding carboxylic acids is 1. The highest BCUT2D eigenvalue weighted by Gasteiger charge is 2.24. The Morgan fingerprint density at radius 2 is 1.66 bits per heavy atom. The zero-order valence-electron chi connectivity index (χ0n) is 17.5. The summed E-state index contributed by atoms with van der Waals surface area (Å²) in [4.78, 5) is 27.7. The van der Waals surface area contributed by atoms with Crippen molar-refractivity contribution in [1.82, 2.24) is 14.9 Å². The van der Waals surface area contributed by atoms with E-state index in [0.717, 1.165) is 69.1 Å². The number of piperazine rings is 1. The summed E-state index contributed by atoms with van der Waals surface area (Å²) in [5, 5.41) is 0. The molecule has 0 bridgehead atoms. The van der Waals surface area contributed by atoms with Gasteiger partial charge in [0.15, 0.2) is 0 Å². The summed E-state index contributed by atoms with van der Waals surface area (Å²) in [6.07, 6.45) is 3.52. The summed E-state index contributed by atoms with van der Waals surface area (Å²) in [5.41, 5.74) is 2.44. The Balaban J connectivity index is 1.38. The Hall–Kier alpha value is -2.63. The quantitative estimate of drug-likeness (QED) is 0.799. The lowest BCUT2D eigenvalue weighted by atomic mass is 9.90. The van der Waals surface area contributed by atoms with Gasteiger partial charge in [-0.1, -0.05) is 30.3 Å². The molecule has 0 spiro atoms. The summed E-state index contributed by atoms with van der Waals surface area (Å²) in [6, 6.07) is 12.9. The van der Waals surface area contributed by atoms with Crippen LogP contribution in [0.2, 0.25) is 0 Å². The van der Waals surface area contributed by atoms with Gasteiger partial charge in [0.05, 0.1) is 0 Å². The van der Waals surface area contributed by atoms with Crippen molar-refractivity contribution in [2.45, 2.75) is 33.1 Å². The number of piperidine rings is 1. The molecule has 2 saturated heterocycles. The number of anilines is 2. The molecule has 0 N–H and O–H groups in total. The van der Waals surface area contributed by atoms with E-state index in [9.17, 15) is 4.79 Å². The van der Waals surface area contributed by atoms with Gasteiger partial charge in [-0.25, -0.2) is 4.98 Å². The Labute approximate surface area is 173 Å². The van der Waals surface area contributed by atoms with Gasteiger partial charge in [-0.3, -0.25) is 4.79 Å². The Kier molecular flexibility index (Phi) is 5.97. The molecule has 29 heavy (non-hydrogen) atoms. The topological polar surface area (TPSA) is 52.6 Å². The standard InChI is InChI=1S/C23H31N5O/c1-18-16-22(27-14-12-26(13-15-27)19(2)29)25-23(24-18)28-10-8-21(9-11-28)17-20-6-4-3-5-7-20/h3-7,16,21H,8-15,17H2,1-2H3. The molecule has 2 aliphatic heterocycles. The molecule has 0 radical (unpaired) electrons. The van der Waals surface area contributed by atoms with Crippen LogP contribution in [0.5, 0.6) is 0 Å². The molecule has 3 heterocycles. The van der Waals surface area contributed by atoms with E-state index < -0.39 is 0 Å². The SMILES string of the molecule is CC(=O)N1CCN(c2cc(C)nc(N3CCC(Cc4ccccc4)CC3)n2)CC1. The minimum absolute atomic E-state index is 0.155. The lowest BCUT2D eigenvalue weighted by Crippen LogP contribution is -2.48. The highest BCUT2D eigenvalue weighted by atomic mass is 16.2. The lowest BCUT2D eigenvalue weighted by molar-refractivity contribution is -0.129. The number of aromatic nitrogens is 2. The van der Waals surface area contributed by atoms with Crippen LogP contribution in [0.15, 0.2) is 36.4 Å². The second kappa shape index (κ2) is 8.80. The minimum atomic E-state index is 0.155. The van der Waals surface area contributed by atoms with Crippen molar-refractivity contribution >= 4 is 17.7 Å². The number of hydrogen-bond donors (Lipinski definition) is 0. The number of nitrogens with zero attached hydrogens (tertiary/aromatic N) is 5. The fraction of sp³-hybridized carbons (Fsp3) is 0.522. The van der Waals surface area contributed by atoms with Gasteiger partial charge in [0.1, 0.15) is 5.82 Å². The van der Waals surface area contributed by atoms with Crippen molar-refractivity contribution in [3.63, 3.8) is 0 Å². The summed E-state index contributed by atoms with van der Waals surface area (Å²) in [7, 11) is 0. The molecule has 6 heteroatoms. The van der Waals surface area contributed by atoms with Gasteiger partial charge in [0, 0.05) is 58.0 Å². The monoisotopic (exact) mass is 393 g/mol. The maximum absolute atomic E-state index is 11.6. The molecular formula is C23H31N5O. The number of aryl methyl sites for hydroxylation is 1. The molecule has 0 saturated carbocycles. The molecular weight excluding hydrogens is 362 g/mol. The van der Waals surface area contributed by atoms with Gasteiger partial charge in [0.25, 0.3) is 0 Å². The summed E-state index contributed by atoms with van der Waals surface area (Å²) >= 11 is 0. The van der Waals surface area contributed by atoms with E-state index in [1.807, 2.05) is 11.8 Å². The molecule has 4 rings (SSSR count). The van der Waals surface area contributed by atoms with Crippen molar-refractivity contribution in [2.75, 3.05) is 49.1 Å². The molecule has 6 nitrogen and oxygen atoms in total. The smallest absolute Gasteiger partial charge is 0.227 e. The maximum atomic E-state index is 11.6. The zero-order chi connectivity index (χ0) is 20.2. The number of benzene rings is 1. The van der Waals surface area contributed by atoms with Crippen LogP contribution in [0.3, 0.4) is 0 Å². The van der Waals surface area contributed by atoms with Gasteiger partial charge in [0.2, 0.25) is 11.9 Å². The molecule has 2 aromatic rings. The third-order valence-electron chi connectivity index (χ3n) is 6.14. The van der Waals surface area contributed by atoms with Crippen molar-refractivity contribution in [2.24, 2.45) is 5.92 Å². The minimum Gasteiger partial charge on any atom is -0.353 e. The molecule has 1 aromatic carbocycles. The van der Waals surface area contributed by atoms with E-state index in [1.165, 1.54) is 18.4 Å². The third kappa shape index (κ3) is 4.86. The van der Waals surface area contributed by atoms with E-state index in [4.69, 9.17) is 9.97 Å². The van der Waals surface area contributed by atoms with Gasteiger partial charge in [-0.05, 0) is 37.7 Å². The van der Waals surface area contributed by atoms with Crippen LogP contribution < -0.4 is 9.80 Å². The van der Waals surface area contributed by atoms with Crippen LogP contribution in [0.1, 0.15) is 31.0 Å². The van der Waals surface area contributed by atoms with Crippen LogP contribution >= 0.6 is 0 Å². The average molecular weight is 394 g/mol. The Morgan fingerprint density at radius 3 is 2.31 bits per heavy atom. The molecule has 2 aliphatic rings. The molecule has 1 aromatic heterocycles. The first-order chi connectivity index (χ1) is 14.1. The molecule has 0 aliphatic carbocycles. The lowest BCUT2D eigenvalue weighted by Gasteiger charge is -2.36. The maximum Gasteiger partial charge on any atom is 0.227 e. The number of carbonyl (C=O) groups is 1. The van der Waals surface area contributed by atoms with Gasteiger partial charge >= 0.3 is 0 Å². The predicted octanol–water partition coefficient (Wildman–Crippen LogP) is 2.91. The molecule has 2 fully saturated rings. The predicted molar refractivity (Wildman–Crippen MR) is 116 cm³/mol. The van der Waals surface area contributed by atoms with Crippen molar-refractivity contribution in [3.05, 3.63) is 47.7 Å². The Bertz CT molecular complexity index is 824. The molecule has 154 valence electrons. The van der Waals surface area contributed by atoms with E-state index in [0.29, 0.717) is 0 Å². The molecule has 0 atom stereocenters. The number of rotatable bonds is 4. The van der Waals surface area contributed by atoms with E-state index in [1.54, 1.807) is 6.92 Å². The highest BCUT2D eigenvalue weighted by molar-refractivity contribution is 5.73. The van der Waals surface area contributed by atoms with E-state index in [2.05, 4.69) is 46.2 Å². The van der Waals surface area contributed by atoms with Crippen molar-refractivity contribution in [3.8, 4) is 0 Å². The highest BCUT2D eigenvalue weighted by Crippen LogP contribution is 2.26. The van der Waals surface area contributed by atoms with Crippen LogP contribution in [-0.2, 0) is 11.2 Å². The van der Waals surface area contributed by atoms with E-state index >= 15 is 0 Å². The first-order valence-corrected chi connectivity index (χ1v) is 10.7. The number of hydrogen-bond acceptors (Lipinski definition) is 5. The van der Waals surface area contributed by atoms with E-state index in [-0.39, 0.29) is 5.91 Å². The second-order valence-electron chi connectivity index (χ2n) is 8.28. The first-order valence-electron chi connectivity index (χ1n) is 10.7. The summed E-state index contributed by atoms with van der Waals surface area (Å²) < 4.78 is 0. The van der Waals surface area contributed by atoms with Gasteiger partial charge in [-0.2, -0.15) is 4.98 Å².